The van der Waals surface area contributed by atoms with Crippen molar-refractivity contribution < 1.29 is 19.1 Å². The molecule has 0 fully saturated rings. The van der Waals surface area contributed by atoms with Crippen LogP contribution in [0.1, 0.15) is 28.6 Å². The number of ether oxygens (including phenoxy) is 1. The van der Waals surface area contributed by atoms with Crippen LogP contribution in [0.2, 0.25) is 0 Å². The quantitative estimate of drug-likeness (QED) is 0.356. The van der Waals surface area contributed by atoms with Gasteiger partial charge in [-0.1, -0.05) is 54.6 Å². The van der Waals surface area contributed by atoms with E-state index in [2.05, 4.69) is 35.2 Å². The molecule has 1 atom stereocenters. The molecule has 5 heteroatoms. The van der Waals surface area contributed by atoms with Crippen LogP contribution in [0.3, 0.4) is 0 Å². The number of hydrogen-bond acceptors (Lipinski definition) is 5. The van der Waals surface area contributed by atoms with Gasteiger partial charge in [0.15, 0.2) is 5.78 Å². The minimum Gasteiger partial charge on any atom is -0.490 e. The third-order valence-electron chi connectivity index (χ3n) is 5.40. The third-order valence-corrected chi connectivity index (χ3v) is 5.40. The summed E-state index contributed by atoms with van der Waals surface area (Å²) in [5.74, 6) is 1.26. The first-order valence-electron chi connectivity index (χ1n) is 10.7. The molecule has 5 nitrogen and oxygen atoms in total. The van der Waals surface area contributed by atoms with E-state index in [1.54, 1.807) is 24.5 Å². The first-order chi connectivity index (χ1) is 15.6. The number of aliphatic hydroxyl groups excluding tert-OH is 1. The van der Waals surface area contributed by atoms with Crippen LogP contribution in [0.15, 0.2) is 89.5 Å². The Balaban J connectivity index is 1.47. The summed E-state index contributed by atoms with van der Waals surface area (Å²) in [6.45, 7) is 3.22. The van der Waals surface area contributed by atoms with E-state index < -0.39 is 6.10 Å². The number of hydrogen-bond donors (Lipinski definition) is 1. The van der Waals surface area contributed by atoms with Crippen molar-refractivity contribution in [2.45, 2.75) is 26.1 Å². The third kappa shape index (κ3) is 5.44. The molecule has 1 unspecified atom stereocenters. The highest BCUT2D eigenvalue weighted by Gasteiger charge is 2.17. The molecule has 4 rings (SSSR count). The molecule has 1 N–H and O–H groups in total. The first kappa shape index (κ1) is 21.8. The molecule has 164 valence electrons. The van der Waals surface area contributed by atoms with Crippen molar-refractivity contribution in [1.29, 1.82) is 0 Å². The number of carbonyl (C=O) groups is 1. The van der Waals surface area contributed by atoms with Gasteiger partial charge >= 0.3 is 0 Å². The minimum atomic E-state index is -0.736. The monoisotopic (exact) mass is 429 g/mol. The van der Waals surface area contributed by atoms with E-state index in [0.29, 0.717) is 30.9 Å². The Morgan fingerprint density at radius 3 is 2.56 bits per heavy atom. The van der Waals surface area contributed by atoms with Gasteiger partial charge in [0, 0.05) is 13.1 Å². The highest BCUT2D eigenvalue weighted by molar-refractivity contribution is 5.96. The summed E-state index contributed by atoms with van der Waals surface area (Å²) in [6, 6.07) is 25.5. The maximum Gasteiger partial charge on any atom is 0.163 e. The maximum absolute atomic E-state index is 11.8. The summed E-state index contributed by atoms with van der Waals surface area (Å²) in [6.07, 6.45) is 0.920. The minimum absolute atomic E-state index is 0.0644. The Hall–Kier alpha value is -3.41. The zero-order chi connectivity index (χ0) is 22.3. The average molecular weight is 430 g/mol. The van der Waals surface area contributed by atoms with Crippen LogP contribution < -0.4 is 4.74 Å². The second kappa shape index (κ2) is 10.3. The zero-order valence-electron chi connectivity index (χ0n) is 18.1. The van der Waals surface area contributed by atoms with Gasteiger partial charge < -0.3 is 14.3 Å². The normalized spacial score (nSPS) is 12.2. The number of nitrogens with zero attached hydrogens (tertiary/aromatic N) is 1. The van der Waals surface area contributed by atoms with E-state index in [1.807, 2.05) is 30.3 Å². The standard InChI is InChI=1S/C27H27NO4/c1-20(29)25-12-4-5-14-27(25)32-19-23(30)17-28(18-24-11-7-15-31-24)16-22-10-6-9-21-8-2-3-13-26(21)22/h2-15,23,30H,16-19H2,1H3. The zero-order valence-corrected chi connectivity index (χ0v) is 18.1. The lowest BCUT2D eigenvalue weighted by Gasteiger charge is -2.25. The average Bonchev–Trinajstić information content (AvgIpc) is 3.31. The van der Waals surface area contributed by atoms with Gasteiger partial charge in [-0.15, -0.1) is 0 Å². The van der Waals surface area contributed by atoms with Crippen LogP contribution in [0.25, 0.3) is 10.8 Å². The molecular weight excluding hydrogens is 402 g/mol. The van der Waals surface area contributed by atoms with Gasteiger partial charge in [-0.05, 0) is 47.5 Å². The Bertz CT molecular complexity index is 1160. The molecule has 0 radical (unpaired) electrons. The number of benzene rings is 3. The predicted molar refractivity (Wildman–Crippen MR) is 125 cm³/mol. The van der Waals surface area contributed by atoms with Crippen molar-refractivity contribution in [3.05, 3.63) is 102 Å². The van der Waals surface area contributed by atoms with E-state index in [0.717, 1.165) is 5.76 Å². The Morgan fingerprint density at radius 1 is 0.969 bits per heavy atom. The van der Waals surface area contributed by atoms with Crippen molar-refractivity contribution >= 4 is 16.6 Å². The second-order valence-electron chi connectivity index (χ2n) is 7.90. The van der Waals surface area contributed by atoms with Gasteiger partial charge in [-0.3, -0.25) is 9.69 Å². The number of para-hydroxylation sites is 1. The number of aliphatic hydroxyl groups is 1. The number of fused-ring (bicyclic) bond motifs is 1. The van der Waals surface area contributed by atoms with Crippen molar-refractivity contribution in [2.24, 2.45) is 0 Å². The molecule has 1 aromatic heterocycles. The molecule has 0 saturated carbocycles. The number of ketones is 1. The van der Waals surface area contributed by atoms with Crippen molar-refractivity contribution in [1.82, 2.24) is 4.90 Å². The van der Waals surface area contributed by atoms with Gasteiger partial charge in [-0.2, -0.15) is 0 Å². The number of Topliss-reactive ketones (excluding diaryl/α,β-unsaturated/α-hetero) is 1. The van der Waals surface area contributed by atoms with E-state index in [4.69, 9.17) is 9.15 Å². The van der Waals surface area contributed by atoms with Crippen LogP contribution in [-0.2, 0) is 13.1 Å². The largest absolute Gasteiger partial charge is 0.490 e. The molecule has 3 aromatic carbocycles. The maximum atomic E-state index is 11.8. The molecule has 0 aliphatic rings. The molecule has 0 aliphatic heterocycles. The molecular formula is C27H27NO4. The fraction of sp³-hybridized carbons (Fsp3) is 0.222. The summed E-state index contributed by atoms with van der Waals surface area (Å²) in [5.41, 5.74) is 1.70. The van der Waals surface area contributed by atoms with Gasteiger partial charge in [0.25, 0.3) is 0 Å². The van der Waals surface area contributed by atoms with E-state index >= 15 is 0 Å². The Morgan fingerprint density at radius 2 is 1.75 bits per heavy atom. The van der Waals surface area contributed by atoms with Crippen molar-refractivity contribution in [3.63, 3.8) is 0 Å². The van der Waals surface area contributed by atoms with Crippen LogP contribution in [0.4, 0.5) is 0 Å². The summed E-state index contributed by atoms with van der Waals surface area (Å²) in [7, 11) is 0. The highest BCUT2D eigenvalue weighted by Crippen LogP contribution is 2.22. The topological polar surface area (TPSA) is 62.9 Å². The van der Waals surface area contributed by atoms with Gasteiger partial charge in [0.05, 0.1) is 18.4 Å². The van der Waals surface area contributed by atoms with E-state index in [-0.39, 0.29) is 12.4 Å². The molecule has 0 spiro atoms. The highest BCUT2D eigenvalue weighted by atomic mass is 16.5. The lowest BCUT2D eigenvalue weighted by Crippen LogP contribution is -2.35. The lowest BCUT2D eigenvalue weighted by molar-refractivity contribution is 0.0600. The second-order valence-corrected chi connectivity index (χ2v) is 7.90. The SMILES string of the molecule is CC(=O)c1ccccc1OCC(O)CN(Cc1ccco1)Cc1cccc2ccccc12. The smallest absolute Gasteiger partial charge is 0.163 e. The molecule has 0 aliphatic carbocycles. The van der Waals surface area contributed by atoms with Crippen molar-refractivity contribution in [3.8, 4) is 5.75 Å². The Kier molecular flexibility index (Phi) is 7.00. The van der Waals surface area contributed by atoms with Crippen LogP contribution >= 0.6 is 0 Å². The molecule has 32 heavy (non-hydrogen) atoms. The van der Waals surface area contributed by atoms with E-state index in [1.165, 1.54) is 23.3 Å². The molecule has 1 heterocycles. The molecule has 0 amide bonds. The summed E-state index contributed by atoms with van der Waals surface area (Å²) < 4.78 is 11.3. The lowest BCUT2D eigenvalue weighted by atomic mass is 10.0. The molecule has 4 aromatic rings. The van der Waals surface area contributed by atoms with Crippen LogP contribution in [0.5, 0.6) is 5.75 Å². The Labute approximate surface area is 187 Å². The van der Waals surface area contributed by atoms with E-state index in [9.17, 15) is 9.90 Å². The van der Waals surface area contributed by atoms with Crippen LogP contribution in [-0.4, -0.2) is 35.0 Å². The van der Waals surface area contributed by atoms with Gasteiger partial charge in [-0.25, -0.2) is 0 Å². The molecule has 0 bridgehead atoms. The molecule has 0 saturated heterocycles. The summed E-state index contributed by atoms with van der Waals surface area (Å²) >= 11 is 0. The summed E-state index contributed by atoms with van der Waals surface area (Å²) in [5, 5.41) is 13.1. The number of carbonyl (C=O) groups excluding carboxylic acids is 1. The fourth-order valence-corrected chi connectivity index (χ4v) is 3.90. The predicted octanol–water partition coefficient (Wildman–Crippen LogP) is 5.08. The fourth-order valence-electron chi connectivity index (χ4n) is 3.90. The van der Waals surface area contributed by atoms with Gasteiger partial charge in [0.1, 0.15) is 24.2 Å². The number of furan rings is 1. The number of rotatable bonds is 10. The first-order valence-corrected chi connectivity index (χ1v) is 10.7. The summed E-state index contributed by atoms with van der Waals surface area (Å²) in [4.78, 5) is 14.0. The van der Waals surface area contributed by atoms with Crippen molar-refractivity contribution in [2.75, 3.05) is 13.2 Å². The van der Waals surface area contributed by atoms with Crippen LogP contribution in [0, 0.1) is 0 Å². The van der Waals surface area contributed by atoms with Gasteiger partial charge in [0.2, 0.25) is 0 Å².